The fourth-order valence-electron chi connectivity index (χ4n) is 4.95. The molecule has 3 rings (SSSR count). The molecule has 3 unspecified atom stereocenters. The first-order valence-electron chi connectivity index (χ1n) is 15.3. The zero-order valence-corrected chi connectivity index (χ0v) is 28.1. The highest BCUT2D eigenvalue weighted by atomic mass is 32.1. The molecular weight excluding hydrogens is 594 g/mol. The van der Waals surface area contributed by atoms with Gasteiger partial charge in [0.05, 0.1) is 0 Å². The number of phenolic OH excluding ortho intramolecular Hbond substituents is 1. The molecule has 0 aromatic heterocycles. The number of hydrogen-bond donors (Lipinski definition) is 4. The van der Waals surface area contributed by atoms with Crippen molar-refractivity contribution in [1.29, 1.82) is 0 Å². The van der Waals surface area contributed by atoms with Gasteiger partial charge in [0.2, 0.25) is 11.8 Å². The van der Waals surface area contributed by atoms with Crippen LogP contribution in [0.15, 0.2) is 48.5 Å². The average molecular weight is 642 g/mol. The Morgan fingerprint density at radius 3 is 2.07 bits per heavy atom. The van der Waals surface area contributed by atoms with Crippen LogP contribution in [0.25, 0.3) is 0 Å². The van der Waals surface area contributed by atoms with E-state index in [1.54, 1.807) is 60.6 Å². The summed E-state index contributed by atoms with van der Waals surface area (Å²) in [6.45, 7) is 12.1. The Morgan fingerprint density at radius 2 is 1.56 bits per heavy atom. The number of hydrogen-bond acceptors (Lipinski definition) is 8. The molecule has 45 heavy (non-hydrogen) atoms. The normalized spacial score (nSPS) is 15.6. The summed E-state index contributed by atoms with van der Waals surface area (Å²) in [6.07, 6.45) is 1.55. The second-order valence-electron chi connectivity index (χ2n) is 13.4. The van der Waals surface area contributed by atoms with Crippen LogP contribution in [0.4, 0.5) is 4.79 Å². The Morgan fingerprint density at radius 1 is 0.933 bits per heavy atom. The summed E-state index contributed by atoms with van der Waals surface area (Å²) >= 11 is 4.35. The first kappa shape index (κ1) is 35.7. The number of nitrogens with zero attached hydrogens (tertiary/aromatic N) is 1. The molecule has 0 heterocycles. The van der Waals surface area contributed by atoms with Crippen LogP contribution >= 0.6 is 12.6 Å². The second kappa shape index (κ2) is 15.0. The number of carbonyl (C=O) groups is 4. The van der Waals surface area contributed by atoms with Crippen LogP contribution in [0.2, 0.25) is 0 Å². The first-order chi connectivity index (χ1) is 21.0. The smallest absolute Gasteiger partial charge is 0.408 e. The van der Waals surface area contributed by atoms with Gasteiger partial charge in [0.25, 0.3) is 0 Å². The number of aryl methyl sites for hydroxylation is 1. The van der Waals surface area contributed by atoms with Crippen molar-refractivity contribution in [2.24, 2.45) is 0 Å². The number of ether oxygens (including phenoxy) is 2. The number of rotatable bonds is 11. The lowest BCUT2D eigenvalue weighted by Crippen LogP contribution is -2.59. The van der Waals surface area contributed by atoms with Crippen molar-refractivity contribution < 1.29 is 33.8 Å². The van der Waals surface area contributed by atoms with E-state index in [-0.39, 0.29) is 24.0 Å². The van der Waals surface area contributed by atoms with E-state index >= 15 is 0 Å². The predicted octanol–water partition coefficient (Wildman–Crippen LogP) is 5.02. The zero-order chi connectivity index (χ0) is 33.5. The van der Waals surface area contributed by atoms with Crippen LogP contribution in [0.5, 0.6) is 5.75 Å². The molecule has 0 saturated heterocycles. The molecule has 1 saturated carbocycles. The molecule has 1 aliphatic rings. The minimum Gasteiger partial charge on any atom is -0.508 e. The molecule has 3 atom stereocenters. The number of esters is 1. The van der Waals surface area contributed by atoms with Gasteiger partial charge in [-0.25, -0.2) is 9.59 Å². The first-order valence-corrected chi connectivity index (χ1v) is 15.9. The third-order valence-corrected chi connectivity index (χ3v) is 7.61. The molecule has 3 N–H and O–H groups in total. The lowest BCUT2D eigenvalue weighted by molar-refractivity contribution is -0.159. The van der Waals surface area contributed by atoms with E-state index in [0.29, 0.717) is 24.0 Å². The fraction of sp³-hybridized carbons (Fsp3) is 0.529. The van der Waals surface area contributed by atoms with Gasteiger partial charge in [-0.1, -0.05) is 36.4 Å². The lowest BCUT2D eigenvalue weighted by Gasteiger charge is -2.43. The highest BCUT2D eigenvalue weighted by Crippen LogP contribution is 2.35. The van der Waals surface area contributed by atoms with E-state index in [4.69, 9.17) is 9.47 Å². The zero-order valence-electron chi connectivity index (χ0n) is 27.3. The summed E-state index contributed by atoms with van der Waals surface area (Å²) in [5.41, 5.74) is 0.182. The number of amides is 3. The fourth-order valence-corrected chi connectivity index (χ4v) is 5.20. The molecule has 3 amide bonds. The monoisotopic (exact) mass is 641 g/mol. The van der Waals surface area contributed by atoms with Crippen molar-refractivity contribution in [1.82, 2.24) is 15.5 Å². The molecule has 0 aliphatic heterocycles. The van der Waals surface area contributed by atoms with Gasteiger partial charge < -0.3 is 30.1 Å². The Hall–Kier alpha value is -3.73. The van der Waals surface area contributed by atoms with Crippen molar-refractivity contribution in [3.63, 3.8) is 0 Å². The maximum atomic E-state index is 14.4. The Kier molecular flexibility index (Phi) is 11.9. The molecule has 0 spiro atoms. The van der Waals surface area contributed by atoms with E-state index in [0.717, 1.165) is 12.0 Å². The highest BCUT2D eigenvalue weighted by molar-refractivity contribution is 7.80. The molecular formula is C34H47N3O7S. The summed E-state index contributed by atoms with van der Waals surface area (Å²) in [4.78, 5) is 56.3. The minimum atomic E-state index is -1.19. The van der Waals surface area contributed by atoms with Crippen molar-refractivity contribution >= 4 is 36.5 Å². The van der Waals surface area contributed by atoms with E-state index in [1.807, 2.05) is 30.3 Å². The van der Waals surface area contributed by atoms with Crippen molar-refractivity contribution in [3.8, 4) is 5.75 Å². The van der Waals surface area contributed by atoms with Crippen molar-refractivity contribution in [2.45, 2.75) is 110 Å². The predicted molar refractivity (Wildman–Crippen MR) is 175 cm³/mol. The largest absolute Gasteiger partial charge is 0.508 e. The molecule has 0 radical (unpaired) electrons. The van der Waals surface area contributed by atoms with Crippen LogP contribution < -0.4 is 10.6 Å². The summed E-state index contributed by atoms with van der Waals surface area (Å²) in [7, 11) is 0. The van der Waals surface area contributed by atoms with E-state index in [1.165, 1.54) is 11.0 Å². The number of nitrogens with one attached hydrogen (secondary N) is 2. The van der Waals surface area contributed by atoms with Gasteiger partial charge in [-0.05, 0) is 96.6 Å². The number of alkyl carbamates (subject to hydrolysis) is 1. The van der Waals surface area contributed by atoms with Crippen LogP contribution in [0.1, 0.15) is 83.5 Å². The standard InChI is InChI=1S/C34H47N3O7S/c1-21-18-23(16-17-27(21)38)28(29(39)35-25(31(41)43-33(2,3)4)19-22-12-9-8-10-13-22)37(24-14-11-15-24)30(40)26(20-45)36-32(42)44-34(5,6)7/h8-10,12-13,16-18,24-26,28,38,45H,11,14-15,19-20H2,1-7H3,(H,35,39)(H,36,42). The van der Waals surface area contributed by atoms with Gasteiger partial charge in [-0.15, -0.1) is 0 Å². The van der Waals surface area contributed by atoms with Crippen LogP contribution in [0, 0.1) is 6.92 Å². The number of aromatic hydroxyl groups is 1. The quantitative estimate of drug-likeness (QED) is 0.200. The summed E-state index contributed by atoms with van der Waals surface area (Å²) in [5.74, 6) is -1.72. The maximum Gasteiger partial charge on any atom is 0.408 e. The van der Waals surface area contributed by atoms with Crippen molar-refractivity contribution in [3.05, 3.63) is 65.2 Å². The number of phenols is 1. The van der Waals surface area contributed by atoms with Gasteiger partial charge >= 0.3 is 12.1 Å². The number of thiol groups is 1. The second-order valence-corrected chi connectivity index (χ2v) is 13.8. The van der Waals surface area contributed by atoms with E-state index < -0.39 is 53.2 Å². The third kappa shape index (κ3) is 10.4. The van der Waals surface area contributed by atoms with Crippen molar-refractivity contribution in [2.75, 3.05) is 5.75 Å². The molecule has 0 bridgehead atoms. The lowest BCUT2D eigenvalue weighted by atomic mass is 9.87. The third-order valence-electron chi connectivity index (χ3n) is 7.25. The molecule has 2 aromatic carbocycles. The molecule has 11 heteroatoms. The Bertz CT molecular complexity index is 1350. The molecule has 2 aromatic rings. The average Bonchev–Trinajstić information content (AvgIpc) is 2.90. The van der Waals surface area contributed by atoms with Gasteiger partial charge in [-0.2, -0.15) is 12.6 Å². The minimum absolute atomic E-state index is 0.0370. The highest BCUT2D eigenvalue weighted by Gasteiger charge is 2.43. The van der Waals surface area contributed by atoms with Crippen LogP contribution in [0.3, 0.4) is 0 Å². The summed E-state index contributed by atoms with van der Waals surface area (Å²) in [5, 5.41) is 15.8. The summed E-state index contributed by atoms with van der Waals surface area (Å²) in [6, 6.07) is 10.3. The summed E-state index contributed by atoms with van der Waals surface area (Å²) < 4.78 is 11.1. The van der Waals surface area contributed by atoms with E-state index in [9.17, 15) is 24.3 Å². The van der Waals surface area contributed by atoms with Gasteiger partial charge in [0.1, 0.15) is 35.1 Å². The van der Waals surface area contributed by atoms with Crippen LogP contribution in [-0.4, -0.2) is 69.0 Å². The van der Waals surface area contributed by atoms with Crippen LogP contribution in [-0.2, 0) is 30.3 Å². The number of carbonyl (C=O) groups excluding carboxylic acids is 4. The Labute approximate surface area is 271 Å². The Balaban J connectivity index is 2.05. The molecule has 246 valence electrons. The molecule has 1 aliphatic carbocycles. The van der Waals surface area contributed by atoms with Gasteiger partial charge in [-0.3, -0.25) is 9.59 Å². The number of benzene rings is 2. The van der Waals surface area contributed by atoms with Gasteiger partial charge in [0.15, 0.2) is 0 Å². The topological polar surface area (TPSA) is 134 Å². The molecule has 10 nitrogen and oxygen atoms in total. The maximum absolute atomic E-state index is 14.4. The SMILES string of the molecule is Cc1cc(C(C(=O)NC(Cc2ccccc2)C(=O)OC(C)(C)C)N(C(=O)C(CS)NC(=O)OC(C)(C)C)C2CCC2)ccc1O. The van der Waals surface area contributed by atoms with E-state index in [2.05, 4.69) is 23.3 Å². The molecule has 1 fully saturated rings. The van der Waals surface area contributed by atoms with Gasteiger partial charge in [0, 0.05) is 18.2 Å².